The summed E-state index contributed by atoms with van der Waals surface area (Å²) in [5, 5.41) is 1.12. The molecule has 1 aromatic carbocycles. The van der Waals surface area contributed by atoms with Gasteiger partial charge in [0.1, 0.15) is 0 Å². The van der Waals surface area contributed by atoms with E-state index in [2.05, 4.69) is 37.9 Å². The number of carbonyl (C=O) groups is 1. The van der Waals surface area contributed by atoms with Gasteiger partial charge in [0.2, 0.25) is 0 Å². The van der Waals surface area contributed by atoms with E-state index >= 15 is 0 Å². The highest BCUT2D eigenvalue weighted by Gasteiger charge is 2.18. The molecule has 0 atom stereocenters. The SMILES string of the molecule is CCC(=O)c1c(CC)[nH]c2c(C)ccc(C)c12. The number of aryl methyl sites for hydroxylation is 3. The molecule has 0 aliphatic carbocycles. The molecule has 2 heteroatoms. The fraction of sp³-hybridized carbons (Fsp3) is 0.400. The van der Waals surface area contributed by atoms with Crippen LogP contribution >= 0.6 is 0 Å². The second kappa shape index (κ2) is 4.36. The van der Waals surface area contributed by atoms with Crippen molar-refractivity contribution in [3.63, 3.8) is 0 Å². The number of hydrogen-bond donors (Lipinski definition) is 1. The van der Waals surface area contributed by atoms with E-state index in [1.54, 1.807) is 0 Å². The van der Waals surface area contributed by atoms with Crippen LogP contribution in [0.15, 0.2) is 12.1 Å². The zero-order valence-corrected chi connectivity index (χ0v) is 11.0. The summed E-state index contributed by atoms with van der Waals surface area (Å²) >= 11 is 0. The third-order valence-corrected chi connectivity index (χ3v) is 3.40. The molecule has 0 radical (unpaired) electrons. The number of benzene rings is 1. The van der Waals surface area contributed by atoms with E-state index in [1.165, 1.54) is 11.1 Å². The number of fused-ring (bicyclic) bond motifs is 1. The number of nitrogens with one attached hydrogen (secondary N) is 1. The number of H-pyrrole nitrogens is 1. The van der Waals surface area contributed by atoms with E-state index in [9.17, 15) is 4.79 Å². The van der Waals surface area contributed by atoms with Gasteiger partial charge in [0, 0.05) is 28.6 Å². The van der Waals surface area contributed by atoms with Crippen LogP contribution in [0.2, 0.25) is 0 Å². The third-order valence-electron chi connectivity index (χ3n) is 3.40. The minimum Gasteiger partial charge on any atom is -0.358 e. The van der Waals surface area contributed by atoms with Crippen LogP contribution < -0.4 is 0 Å². The van der Waals surface area contributed by atoms with Crippen molar-refractivity contribution in [2.75, 3.05) is 0 Å². The second-order valence-corrected chi connectivity index (χ2v) is 4.56. The van der Waals surface area contributed by atoms with Crippen LogP contribution in [0.4, 0.5) is 0 Å². The number of Topliss-reactive ketones (excluding diaryl/α,β-unsaturated/α-hetero) is 1. The third kappa shape index (κ3) is 1.78. The largest absolute Gasteiger partial charge is 0.358 e. The summed E-state index contributed by atoms with van der Waals surface area (Å²) < 4.78 is 0. The monoisotopic (exact) mass is 229 g/mol. The summed E-state index contributed by atoms with van der Waals surface area (Å²) in [6.07, 6.45) is 1.43. The van der Waals surface area contributed by atoms with Crippen molar-refractivity contribution >= 4 is 16.7 Å². The van der Waals surface area contributed by atoms with Crippen molar-refractivity contribution in [3.05, 3.63) is 34.5 Å². The standard InChI is InChI=1S/C15H19NO/c1-5-11-14(12(17)6-2)13-9(3)7-8-10(4)15(13)16-11/h7-8,16H,5-6H2,1-4H3. The first-order valence-electron chi connectivity index (χ1n) is 6.24. The van der Waals surface area contributed by atoms with Gasteiger partial charge in [-0.25, -0.2) is 0 Å². The Labute approximate surface area is 102 Å². The van der Waals surface area contributed by atoms with Crippen LogP contribution in [0.5, 0.6) is 0 Å². The van der Waals surface area contributed by atoms with E-state index in [0.717, 1.165) is 28.6 Å². The lowest BCUT2D eigenvalue weighted by Gasteiger charge is -2.03. The molecule has 0 unspecified atom stereocenters. The van der Waals surface area contributed by atoms with E-state index in [4.69, 9.17) is 0 Å². The summed E-state index contributed by atoms with van der Waals surface area (Å²) in [5.74, 6) is 0.238. The average molecular weight is 229 g/mol. The zero-order chi connectivity index (χ0) is 12.6. The van der Waals surface area contributed by atoms with Gasteiger partial charge in [-0.3, -0.25) is 4.79 Å². The van der Waals surface area contributed by atoms with Gasteiger partial charge < -0.3 is 4.98 Å². The van der Waals surface area contributed by atoms with Gasteiger partial charge in [0.25, 0.3) is 0 Å². The van der Waals surface area contributed by atoms with Crippen LogP contribution in [0.25, 0.3) is 10.9 Å². The molecule has 0 bridgehead atoms. The summed E-state index contributed by atoms with van der Waals surface area (Å²) in [4.78, 5) is 15.5. The van der Waals surface area contributed by atoms with Gasteiger partial charge in [-0.1, -0.05) is 26.0 Å². The summed E-state index contributed by atoms with van der Waals surface area (Å²) in [6.45, 7) is 8.16. The maximum Gasteiger partial charge on any atom is 0.165 e. The molecule has 0 spiro atoms. The number of rotatable bonds is 3. The number of hydrogen-bond acceptors (Lipinski definition) is 1. The number of ketones is 1. The van der Waals surface area contributed by atoms with Crippen molar-refractivity contribution in [2.45, 2.75) is 40.5 Å². The second-order valence-electron chi connectivity index (χ2n) is 4.56. The van der Waals surface area contributed by atoms with E-state index in [0.29, 0.717) is 6.42 Å². The molecule has 2 rings (SSSR count). The number of carbonyl (C=O) groups excluding carboxylic acids is 1. The molecule has 2 nitrogen and oxygen atoms in total. The Hall–Kier alpha value is -1.57. The normalized spacial score (nSPS) is 11.1. The summed E-state index contributed by atoms with van der Waals surface area (Å²) in [6, 6.07) is 4.20. The van der Waals surface area contributed by atoms with Gasteiger partial charge in [-0.2, -0.15) is 0 Å². The predicted molar refractivity (Wildman–Crippen MR) is 71.8 cm³/mol. The Morgan fingerprint density at radius 1 is 1.18 bits per heavy atom. The molecule has 90 valence electrons. The first kappa shape index (κ1) is 11.9. The van der Waals surface area contributed by atoms with Crippen LogP contribution in [0, 0.1) is 13.8 Å². The molecule has 0 aliphatic heterocycles. The minimum atomic E-state index is 0.238. The number of aromatic amines is 1. The fourth-order valence-corrected chi connectivity index (χ4v) is 2.41. The van der Waals surface area contributed by atoms with Gasteiger partial charge in [0.15, 0.2) is 5.78 Å². The molecule has 0 saturated heterocycles. The molecule has 1 aromatic heterocycles. The molecule has 17 heavy (non-hydrogen) atoms. The van der Waals surface area contributed by atoms with Gasteiger partial charge in [-0.05, 0) is 31.4 Å². The van der Waals surface area contributed by atoms with Crippen molar-refractivity contribution in [1.29, 1.82) is 0 Å². The highest BCUT2D eigenvalue weighted by Crippen LogP contribution is 2.29. The van der Waals surface area contributed by atoms with Crippen molar-refractivity contribution in [1.82, 2.24) is 4.98 Å². The Bertz CT molecular complexity index is 578. The van der Waals surface area contributed by atoms with Crippen molar-refractivity contribution in [2.24, 2.45) is 0 Å². The lowest BCUT2D eigenvalue weighted by atomic mass is 9.99. The topological polar surface area (TPSA) is 32.9 Å². The van der Waals surface area contributed by atoms with E-state index < -0.39 is 0 Å². The zero-order valence-electron chi connectivity index (χ0n) is 11.0. The maximum absolute atomic E-state index is 12.1. The van der Waals surface area contributed by atoms with Crippen LogP contribution in [-0.2, 0) is 6.42 Å². The highest BCUT2D eigenvalue weighted by molar-refractivity contribution is 6.10. The quantitative estimate of drug-likeness (QED) is 0.794. The Morgan fingerprint density at radius 3 is 2.41 bits per heavy atom. The van der Waals surface area contributed by atoms with Crippen molar-refractivity contribution < 1.29 is 4.79 Å². The van der Waals surface area contributed by atoms with Crippen LogP contribution in [0.3, 0.4) is 0 Å². The van der Waals surface area contributed by atoms with Gasteiger partial charge in [0.05, 0.1) is 0 Å². The lowest BCUT2D eigenvalue weighted by Crippen LogP contribution is -2.00. The fourth-order valence-electron chi connectivity index (χ4n) is 2.41. The number of aromatic nitrogens is 1. The molecular formula is C15H19NO. The minimum absolute atomic E-state index is 0.238. The Morgan fingerprint density at radius 2 is 1.82 bits per heavy atom. The molecule has 0 fully saturated rings. The van der Waals surface area contributed by atoms with E-state index in [1.807, 2.05) is 6.92 Å². The van der Waals surface area contributed by atoms with Gasteiger partial charge >= 0.3 is 0 Å². The first-order chi connectivity index (χ1) is 8.10. The first-order valence-corrected chi connectivity index (χ1v) is 6.24. The molecule has 0 amide bonds. The maximum atomic E-state index is 12.1. The van der Waals surface area contributed by atoms with E-state index in [-0.39, 0.29) is 5.78 Å². The average Bonchev–Trinajstić information content (AvgIpc) is 2.73. The van der Waals surface area contributed by atoms with Crippen LogP contribution in [0.1, 0.15) is 47.4 Å². The predicted octanol–water partition coefficient (Wildman–Crippen LogP) is 3.94. The molecule has 2 aromatic rings. The Kier molecular flexibility index (Phi) is 3.05. The molecule has 0 aliphatic rings. The molecule has 1 N–H and O–H groups in total. The Balaban J connectivity index is 2.87. The van der Waals surface area contributed by atoms with Crippen LogP contribution in [-0.4, -0.2) is 10.8 Å². The smallest absolute Gasteiger partial charge is 0.165 e. The summed E-state index contributed by atoms with van der Waals surface area (Å²) in [7, 11) is 0. The highest BCUT2D eigenvalue weighted by atomic mass is 16.1. The lowest BCUT2D eigenvalue weighted by molar-refractivity contribution is 0.0989. The molecule has 0 saturated carbocycles. The van der Waals surface area contributed by atoms with Gasteiger partial charge in [-0.15, -0.1) is 0 Å². The summed E-state index contributed by atoms with van der Waals surface area (Å²) in [5.41, 5.74) is 5.49. The van der Waals surface area contributed by atoms with Crippen molar-refractivity contribution in [3.8, 4) is 0 Å². The molecule has 1 heterocycles. The molecular weight excluding hydrogens is 210 g/mol.